The van der Waals surface area contributed by atoms with E-state index in [2.05, 4.69) is 14.9 Å². The Kier molecular flexibility index (Phi) is 5.25. The van der Waals surface area contributed by atoms with Gasteiger partial charge in [0.1, 0.15) is 0 Å². The molecule has 0 aromatic carbocycles. The first kappa shape index (κ1) is 17.2. The number of aromatic nitrogens is 2. The Balaban J connectivity index is 1.36. The Bertz CT molecular complexity index is 717. The van der Waals surface area contributed by atoms with Gasteiger partial charge in [0.25, 0.3) is 5.91 Å². The predicted octanol–water partition coefficient (Wildman–Crippen LogP) is 3.23. The van der Waals surface area contributed by atoms with E-state index in [1.165, 1.54) is 32.1 Å². The molecule has 26 heavy (non-hydrogen) atoms. The van der Waals surface area contributed by atoms with E-state index in [9.17, 15) is 4.79 Å². The Morgan fingerprint density at radius 1 is 0.962 bits per heavy atom. The molecule has 5 nitrogen and oxygen atoms in total. The van der Waals surface area contributed by atoms with Gasteiger partial charge in [-0.05, 0) is 37.1 Å². The van der Waals surface area contributed by atoms with Gasteiger partial charge in [-0.3, -0.25) is 19.7 Å². The van der Waals surface area contributed by atoms with Crippen LogP contribution in [0.5, 0.6) is 0 Å². The van der Waals surface area contributed by atoms with Gasteiger partial charge in [-0.1, -0.05) is 19.3 Å². The summed E-state index contributed by atoms with van der Waals surface area (Å²) in [6.07, 6.45) is 12.0. The molecular formula is C21H26N4O. The van der Waals surface area contributed by atoms with Crippen molar-refractivity contribution in [2.45, 2.75) is 38.1 Å². The highest BCUT2D eigenvalue weighted by molar-refractivity contribution is 5.94. The van der Waals surface area contributed by atoms with E-state index < -0.39 is 0 Å². The first-order valence-corrected chi connectivity index (χ1v) is 9.71. The van der Waals surface area contributed by atoms with Gasteiger partial charge in [0, 0.05) is 56.4 Å². The van der Waals surface area contributed by atoms with Crippen LogP contribution in [0.4, 0.5) is 0 Å². The summed E-state index contributed by atoms with van der Waals surface area (Å²) in [7, 11) is 0. The van der Waals surface area contributed by atoms with Crippen LogP contribution in [-0.4, -0.2) is 57.9 Å². The molecule has 0 spiro atoms. The van der Waals surface area contributed by atoms with Gasteiger partial charge in [-0.25, -0.2) is 0 Å². The van der Waals surface area contributed by atoms with Crippen LogP contribution in [0.2, 0.25) is 0 Å². The fourth-order valence-electron chi connectivity index (χ4n) is 4.12. The van der Waals surface area contributed by atoms with Gasteiger partial charge in [0.05, 0.1) is 11.3 Å². The first-order chi connectivity index (χ1) is 12.8. The van der Waals surface area contributed by atoms with Crippen LogP contribution < -0.4 is 0 Å². The molecule has 1 aliphatic carbocycles. The molecule has 2 aromatic rings. The Morgan fingerprint density at radius 2 is 1.77 bits per heavy atom. The average Bonchev–Trinajstić information content (AvgIpc) is 2.75. The maximum Gasteiger partial charge on any atom is 0.255 e. The number of amides is 1. The number of carbonyl (C=O) groups excluding carboxylic acids is 1. The predicted molar refractivity (Wildman–Crippen MR) is 102 cm³/mol. The van der Waals surface area contributed by atoms with E-state index in [0.717, 1.165) is 43.5 Å². The quantitative estimate of drug-likeness (QED) is 0.853. The summed E-state index contributed by atoms with van der Waals surface area (Å²) in [5, 5.41) is 0. The Hall–Kier alpha value is -2.27. The molecule has 0 atom stereocenters. The van der Waals surface area contributed by atoms with Gasteiger partial charge < -0.3 is 4.90 Å². The van der Waals surface area contributed by atoms with Gasteiger partial charge >= 0.3 is 0 Å². The number of pyridine rings is 2. The molecule has 2 aromatic heterocycles. The molecule has 0 radical (unpaired) electrons. The number of hydrogen-bond acceptors (Lipinski definition) is 4. The van der Waals surface area contributed by atoms with Crippen molar-refractivity contribution in [3.63, 3.8) is 0 Å². The molecule has 4 rings (SSSR count). The lowest BCUT2D eigenvalue weighted by Gasteiger charge is -2.40. The molecule has 1 aliphatic heterocycles. The number of rotatable bonds is 3. The number of hydrogen-bond donors (Lipinski definition) is 0. The molecule has 0 unspecified atom stereocenters. The Labute approximate surface area is 155 Å². The monoisotopic (exact) mass is 350 g/mol. The second-order valence-corrected chi connectivity index (χ2v) is 7.29. The third-order valence-corrected chi connectivity index (χ3v) is 5.66. The molecule has 1 saturated carbocycles. The van der Waals surface area contributed by atoms with Crippen LogP contribution in [0.1, 0.15) is 42.5 Å². The number of nitrogens with zero attached hydrogens (tertiary/aromatic N) is 4. The molecule has 5 heteroatoms. The zero-order chi connectivity index (χ0) is 17.8. The molecule has 0 N–H and O–H groups in total. The second kappa shape index (κ2) is 7.96. The highest BCUT2D eigenvalue weighted by Crippen LogP contribution is 2.24. The summed E-state index contributed by atoms with van der Waals surface area (Å²) in [5.41, 5.74) is 2.48. The van der Waals surface area contributed by atoms with Crippen LogP contribution in [0.25, 0.3) is 11.3 Å². The van der Waals surface area contributed by atoms with Gasteiger partial charge in [-0.15, -0.1) is 0 Å². The van der Waals surface area contributed by atoms with Crippen molar-refractivity contribution < 1.29 is 4.79 Å². The van der Waals surface area contributed by atoms with Crippen molar-refractivity contribution >= 4 is 5.91 Å². The Morgan fingerprint density at radius 3 is 2.42 bits per heavy atom. The van der Waals surface area contributed by atoms with Crippen LogP contribution in [0.3, 0.4) is 0 Å². The number of piperazine rings is 1. The number of carbonyl (C=O) groups is 1. The van der Waals surface area contributed by atoms with Gasteiger partial charge in [0.2, 0.25) is 0 Å². The lowest BCUT2D eigenvalue weighted by molar-refractivity contribution is 0.0523. The summed E-state index contributed by atoms with van der Waals surface area (Å²) in [6, 6.07) is 8.39. The summed E-state index contributed by atoms with van der Waals surface area (Å²) in [4.78, 5) is 25.9. The van der Waals surface area contributed by atoms with E-state index >= 15 is 0 Å². The van der Waals surface area contributed by atoms with Crippen molar-refractivity contribution in [2.75, 3.05) is 26.2 Å². The fourth-order valence-corrected chi connectivity index (χ4v) is 4.12. The van der Waals surface area contributed by atoms with E-state index in [1.54, 1.807) is 18.6 Å². The lowest BCUT2D eigenvalue weighted by Crippen LogP contribution is -2.52. The molecule has 1 saturated heterocycles. The standard InChI is InChI=1S/C21H26N4O/c26-21(18-8-9-20(23-16-18)17-5-4-10-22-15-17)25-13-11-24(12-14-25)19-6-2-1-3-7-19/h4-5,8-10,15-16,19H,1-3,6-7,11-14H2. The van der Waals surface area contributed by atoms with E-state index in [4.69, 9.17) is 0 Å². The van der Waals surface area contributed by atoms with Crippen molar-refractivity contribution in [3.8, 4) is 11.3 Å². The highest BCUT2D eigenvalue weighted by atomic mass is 16.2. The minimum Gasteiger partial charge on any atom is -0.336 e. The lowest BCUT2D eigenvalue weighted by atomic mass is 9.94. The van der Waals surface area contributed by atoms with Crippen molar-refractivity contribution in [1.82, 2.24) is 19.8 Å². The van der Waals surface area contributed by atoms with Crippen molar-refractivity contribution in [3.05, 3.63) is 48.4 Å². The highest BCUT2D eigenvalue weighted by Gasteiger charge is 2.27. The fraction of sp³-hybridized carbons (Fsp3) is 0.476. The molecule has 2 aliphatic rings. The SMILES string of the molecule is O=C(c1ccc(-c2cccnc2)nc1)N1CCN(C2CCCCC2)CC1. The smallest absolute Gasteiger partial charge is 0.255 e. The minimum absolute atomic E-state index is 0.0959. The molecule has 2 fully saturated rings. The molecule has 1 amide bonds. The topological polar surface area (TPSA) is 49.3 Å². The summed E-state index contributed by atoms with van der Waals surface area (Å²) >= 11 is 0. The van der Waals surface area contributed by atoms with Crippen LogP contribution >= 0.6 is 0 Å². The summed E-state index contributed by atoms with van der Waals surface area (Å²) in [5.74, 6) is 0.0959. The van der Waals surface area contributed by atoms with Gasteiger partial charge in [0.15, 0.2) is 0 Å². The van der Waals surface area contributed by atoms with Crippen LogP contribution in [0, 0.1) is 0 Å². The maximum atomic E-state index is 12.8. The summed E-state index contributed by atoms with van der Waals surface area (Å²) in [6.45, 7) is 3.63. The zero-order valence-corrected chi connectivity index (χ0v) is 15.2. The van der Waals surface area contributed by atoms with Gasteiger partial charge in [-0.2, -0.15) is 0 Å². The largest absolute Gasteiger partial charge is 0.336 e. The third kappa shape index (κ3) is 3.78. The third-order valence-electron chi connectivity index (χ3n) is 5.66. The van der Waals surface area contributed by atoms with E-state index in [1.807, 2.05) is 29.2 Å². The maximum absolute atomic E-state index is 12.8. The molecule has 136 valence electrons. The second-order valence-electron chi connectivity index (χ2n) is 7.29. The first-order valence-electron chi connectivity index (χ1n) is 9.71. The normalized spacial score (nSPS) is 19.5. The van der Waals surface area contributed by atoms with Crippen LogP contribution in [0.15, 0.2) is 42.9 Å². The summed E-state index contributed by atoms with van der Waals surface area (Å²) < 4.78 is 0. The molecular weight excluding hydrogens is 324 g/mol. The van der Waals surface area contributed by atoms with Crippen molar-refractivity contribution in [1.29, 1.82) is 0 Å². The average molecular weight is 350 g/mol. The van der Waals surface area contributed by atoms with Crippen molar-refractivity contribution in [2.24, 2.45) is 0 Å². The molecule has 3 heterocycles. The van der Waals surface area contributed by atoms with Crippen LogP contribution in [-0.2, 0) is 0 Å². The molecule has 0 bridgehead atoms. The minimum atomic E-state index is 0.0959. The van der Waals surface area contributed by atoms with E-state index in [0.29, 0.717) is 5.56 Å². The zero-order valence-electron chi connectivity index (χ0n) is 15.2. The van der Waals surface area contributed by atoms with E-state index in [-0.39, 0.29) is 5.91 Å².